The molecule has 0 unspecified atom stereocenters. The van der Waals surface area contributed by atoms with Gasteiger partial charge in [-0.3, -0.25) is 4.79 Å². The molecule has 0 radical (unpaired) electrons. The quantitative estimate of drug-likeness (QED) is 0.909. The van der Waals surface area contributed by atoms with E-state index >= 15 is 0 Å². The molecule has 1 amide bonds. The third kappa shape index (κ3) is 3.39. The normalized spacial score (nSPS) is 10.2. The van der Waals surface area contributed by atoms with Crippen molar-refractivity contribution in [3.63, 3.8) is 0 Å². The van der Waals surface area contributed by atoms with E-state index in [4.69, 9.17) is 9.47 Å². The largest absolute Gasteiger partial charge is 0.493 e. The van der Waals surface area contributed by atoms with Crippen LogP contribution in [0.4, 0.5) is 5.69 Å². The second-order valence-electron chi connectivity index (χ2n) is 5.00. The maximum Gasteiger partial charge on any atom is 0.255 e. The summed E-state index contributed by atoms with van der Waals surface area (Å²) < 4.78 is 10.7. The van der Waals surface area contributed by atoms with Gasteiger partial charge in [-0.25, -0.2) is 0 Å². The average molecular weight is 299 g/mol. The molecule has 1 N–H and O–H groups in total. The van der Waals surface area contributed by atoms with Crippen LogP contribution < -0.4 is 14.8 Å². The molecule has 0 spiro atoms. The number of carbonyl (C=O) groups is 1. The van der Waals surface area contributed by atoms with E-state index in [0.717, 1.165) is 16.8 Å². The molecular weight excluding hydrogens is 278 g/mol. The number of amides is 1. The number of nitrogens with one attached hydrogen (secondary N) is 1. The molecule has 4 heteroatoms. The smallest absolute Gasteiger partial charge is 0.255 e. The van der Waals surface area contributed by atoms with Gasteiger partial charge in [0.1, 0.15) is 0 Å². The van der Waals surface area contributed by atoms with Crippen LogP contribution in [0, 0.1) is 13.8 Å². The van der Waals surface area contributed by atoms with Gasteiger partial charge < -0.3 is 14.8 Å². The van der Waals surface area contributed by atoms with Crippen LogP contribution in [-0.2, 0) is 0 Å². The number of hydrogen-bond donors (Lipinski definition) is 1. The molecule has 0 aliphatic carbocycles. The monoisotopic (exact) mass is 299 g/mol. The van der Waals surface area contributed by atoms with Crippen LogP contribution in [0.3, 0.4) is 0 Å². The predicted molar refractivity (Wildman–Crippen MR) is 88.0 cm³/mol. The van der Waals surface area contributed by atoms with E-state index in [-0.39, 0.29) is 5.91 Å². The van der Waals surface area contributed by atoms with Crippen molar-refractivity contribution < 1.29 is 14.3 Å². The summed E-state index contributed by atoms with van der Waals surface area (Å²) in [6.45, 7) is 6.46. The fourth-order valence-corrected chi connectivity index (χ4v) is 2.16. The lowest BCUT2D eigenvalue weighted by atomic mass is 10.1. The van der Waals surface area contributed by atoms with Gasteiger partial charge in [0, 0.05) is 11.3 Å². The molecule has 0 aromatic heterocycles. The van der Waals surface area contributed by atoms with Gasteiger partial charge in [0.15, 0.2) is 11.5 Å². The molecule has 2 aromatic rings. The Hall–Kier alpha value is -2.49. The molecule has 0 atom stereocenters. The predicted octanol–water partition coefficient (Wildman–Crippen LogP) is 3.96. The molecular formula is C18H21NO3. The Morgan fingerprint density at radius 3 is 2.59 bits per heavy atom. The minimum Gasteiger partial charge on any atom is -0.493 e. The highest BCUT2D eigenvalue weighted by atomic mass is 16.5. The van der Waals surface area contributed by atoms with Crippen molar-refractivity contribution in [2.75, 3.05) is 19.0 Å². The molecule has 0 bridgehead atoms. The van der Waals surface area contributed by atoms with Gasteiger partial charge in [0.05, 0.1) is 13.7 Å². The van der Waals surface area contributed by atoms with E-state index in [1.54, 1.807) is 25.3 Å². The van der Waals surface area contributed by atoms with Gasteiger partial charge in [0.2, 0.25) is 0 Å². The first-order valence-electron chi connectivity index (χ1n) is 7.25. The van der Waals surface area contributed by atoms with Crippen molar-refractivity contribution in [2.24, 2.45) is 0 Å². The van der Waals surface area contributed by atoms with Gasteiger partial charge in [0.25, 0.3) is 5.91 Å². The molecule has 22 heavy (non-hydrogen) atoms. The molecule has 0 heterocycles. The topological polar surface area (TPSA) is 47.6 Å². The second kappa shape index (κ2) is 6.98. The maximum atomic E-state index is 12.4. The van der Waals surface area contributed by atoms with E-state index in [1.807, 2.05) is 39.0 Å². The first kappa shape index (κ1) is 15.9. The Morgan fingerprint density at radius 2 is 1.91 bits per heavy atom. The molecule has 0 aliphatic rings. The second-order valence-corrected chi connectivity index (χ2v) is 5.00. The molecule has 0 fully saturated rings. The highest BCUT2D eigenvalue weighted by molar-refractivity contribution is 6.05. The minimum atomic E-state index is -0.171. The molecule has 2 aromatic carbocycles. The summed E-state index contributed by atoms with van der Waals surface area (Å²) in [5.41, 5.74) is 3.55. The zero-order valence-electron chi connectivity index (χ0n) is 13.4. The number of ether oxygens (including phenoxy) is 2. The number of hydrogen-bond acceptors (Lipinski definition) is 3. The van der Waals surface area contributed by atoms with Crippen LogP contribution in [0.15, 0.2) is 36.4 Å². The van der Waals surface area contributed by atoms with Gasteiger partial charge in [-0.05, 0) is 56.2 Å². The van der Waals surface area contributed by atoms with Crippen LogP contribution >= 0.6 is 0 Å². The van der Waals surface area contributed by atoms with Crippen LogP contribution in [0.25, 0.3) is 0 Å². The zero-order valence-corrected chi connectivity index (χ0v) is 13.4. The molecule has 4 nitrogen and oxygen atoms in total. The number of carbonyl (C=O) groups excluding carboxylic acids is 1. The molecule has 2 rings (SSSR count). The fraction of sp³-hybridized carbons (Fsp3) is 0.278. The van der Waals surface area contributed by atoms with Crippen LogP contribution in [0.1, 0.15) is 28.4 Å². The van der Waals surface area contributed by atoms with Crippen LogP contribution in [-0.4, -0.2) is 19.6 Å². The van der Waals surface area contributed by atoms with Crippen molar-refractivity contribution >= 4 is 11.6 Å². The zero-order chi connectivity index (χ0) is 16.1. The van der Waals surface area contributed by atoms with Gasteiger partial charge in [-0.15, -0.1) is 0 Å². The third-order valence-corrected chi connectivity index (χ3v) is 3.58. The average Bonchev–Trinajstić information content (AvgIpc) is 2.52. The number of aryl methyl sites for hydroxylation is 1. The summed E-state index contributed by atoms with van der Waals surface area (Å²) in [6.07, 6.45) is 0. The molecule has 0 saturated heterocycles. The summed E-state index contributed by atoms with van der Waals surface area (Å²) in [7, 11) is 1.56. The number of rotatable bonds is 5. The SMILES string of the molecule is CCOc1ccc(C(=O)Nc2cccc(C)c2C)cc1OC. The van der Waals surface area contributed by atoms with E-state index in [2.05, 4.69) is 5.32 Å². The Balaban J connectivity index is 2.24. The molecule has 116 valence electrons. The Morgan fingerprint density at radius 1 is 1.14 bits per heavy atom. The standard InChI is InChI=1S/C18H21NO3/c1-5-22-16-10-9-14(11-17(16)21-4)18(20)19-15-8-6-7-12(2)13(15)3/h6-11H,5H2,1-4H3,(H,19,20). The van der Waals surface area contributed by atoms with Gasteiger partial charge in [-0.1, -0.05) is 12.1 Å². The Bertz CT molecular complexity index is 680. The fourth-order valence-electron chi connectivity index (χ4n) is 2.16. The Kier molecular flexibility index (Phi) is 5.04. The van der Waals surface area contributed by atoms with E-state index in [0.29, 0.717) is 23.7 Å². The first-order chi connectivity index (χ1) is 10.6. The summed E-state index contributed by atoms with van der Waals surface area (Å²) in [5.74, 6) is 1.01. The van der Waals surface area contributed by atoms with Crippen LogP contribution in [0.2, 0.25) is 0 Å². The highest BCUT2D eigenvalue weighted by Gasteiger charge is 2.12. The van der Waals surface area contributed by atoms with Crippen molar-refractivity contribution in [1.82, 2.24) is 0 Å². The molecule has 0 saturated carbocycles. The Labute approximate surface area is 131 Å². The maximum absolute atomic E-state index is 12.4. The van der Waals surface area contributed by atoms with Crippen LogP contribution in [0.5, 0.6) is 11.5 Å². The van der Waals surface area contributed by atoms with Gasteiger partial charge in [-0.2, -0.15) is 0 Å². The number of anilines is 1. The lowest BCUT2D eigenvalue weighted by molar-refractivity contribution is 0.102. The van der Waals surface area contributed by atoms with Crippen molar-refractivity contribution in [2.45, 2.75) is 20.8 Å². The lowest BCUT2D eigenvalue weighted by Crippen LogP contribution is -2.13. The molecule has 0 aliphatic heterocycles. The summed E-state index contributed by atoms with van der Waals surface area (Å²) in [4.78, 5) is 12.4. The first-order valence-corrected chi connectivity index (χ1v) is 7.25. The van der Waals surface area contributed by atoms with E-state index < -0.39 is 0 Å². The summed E-state index contributed by atoms with van der Waals surface area (Å²) in [6, 6.07) is 11.0. The number of methoxy groups -OCH3 is 1. The third-order valence-electron chi connectivity index (χ3n) is 3.58. The van der Waals surface area contributed by atoms with Crippen molar-refractivity contribution in [3.8, 4) is 11.5 Å². The minimum absolute atomic E-state index is 0.171. The van der Waals surface area contributed by atoms with Crippen molar-refractivity contribution in [1.29, 1.82) is 0 Å². The van der Waals surface area contributed by atoms with E-state index in [1.165, 1.54) is 0 Å². The highest BCUT2D eigenvalue weighted by Crippen LogP contribution is 2.28. The number of benzene rings is 2. The summed E-state index contributed by atoms with van der Waals surface area (Å²) >= 11 is 0. The van der Waals surface area contributed by atoms with E-state index in [9.17, 15) is 4.79 Å². The lowest BCUT2D eigenvalue weighted by Gasteiger charge is -2.13. The van der Waals surface area contributed by atoms with Gasteiger partial charge >= 0.3 is 0 Å². The van der Waals surface area contributed by atoms with Crippen molar-refractivity contribution in [3.05, 3.63) is 53.1 Å². The summed E-state index contributed by atoms with van der Waals surface area (Å²) in [5, 5.41) is 2.93.